The molecule has 6 heteroatoms. The van der Waals surface area contributed by atoms with E-state index < -0.39 is 5.54 Å². The Morgan fingerprint density at radius 3 is 2.60 bits per heavy atom. The van der Waals surface area contributed by atoms with E-state index in [1.165, 1.54) is 12.1 Å². The number of amides is 1. The van der Waals surface area contributed by atoms with Crippen molar-refractivity contribution >= 4 is 27.8 Å². The second-order valence-corrected chi connectivity index (χ2v) is 9.22. The first-order valence-corrected chi connectivity index (χ1v) is 11.8. The number of halogens is 1. The molecule has 5 aromatic rings. The van der Waals surface area contributed by atoms with E-state index in [2.05, 4.69) is 21.7 Å². The molecule has 5 nitrogen and oxygen atoms in total. The predicted octanol–water partition coefficient (Wildman–Crippen LogP) is 6.02. The molecular formula is C29H28FN3O2. The van der Waals surface area contributed by atoms with E-state index in [1.54, 1.807) is 12.1 Å². The number of fused-ring (bicyclic) bond motifs is 2. The van der Waals surface area contributed by atoms with E-state index in [-0.39, 0.29) is 17.8 Å². The molecule has 0 saturated carbocycles. The molecule has 0 fully saturated rings. The quantitative estimate of drug-likeness (QED) is 0.260. The van der Waals surface area contributed by atoms with Gasteiger partial charge in [-0.2, -0.15) is 0 Å². The van der Waals surface area contributed by atoms with Crippen LogP contribution in [0.2, 0.25) is 0 Å². The van der Waals surface area contributed by atoms with Crippen LogP contribution in [0.4, 0.5) is 4.39 Å². The third-order valence-corrected chi connectivity index (χ3v) is 6.57. The molecule has 0 aliphatic rings. The van der Waals surface area contributed by atoms with E-state index >= 15 is 0 Å². The summed E-state index contributed by atoms with van der Waals surface area (Å²) in [6.07, 6.45) is 2.43. The Bertz CT molecular complexity index is 1440. The van der Waals surface area contributed by atoms with Gasteiger partial charge in [-0.15, -0.1) is 0 Å². The van der Waals surface area contributed by atoms with E-state index in [1.807, 2.05) is 68.6 Å². The normalized spacial score (nSPS) is 14.1. The summed E-state index contributed by atoms with van der Waals surface area (Å²) >= 11 is 0. The van der Waals surface area contributed by atoms with Crippen molar-refractivity contribution in [2.24, 2.45) is 0 Å². The topological polar surface area (TPSA) is 70.1 Å². The average molecular weight is 470 g/mol. The van der Waals surface area contributed by atoms with Gasteiger partial charge in [-0.3, -0.25) is 10.1 Å². The Hall–Kier alpha value is -3.90. The summed E-state index contributed by atoms with van der Waals surface area (Å²) in [6, 6.07) is 23.8. The molecule has 3 aromatic carbocycles. The Kier molecular flexibility index (Phi) is 6.14. The van der Waals surface area contributed by atoms with Gasteiger partial charge in [-0.1, -0.05) is 48.5 Å². The Morgan fingerprint density at radius 2 is 1.80 bits per heavy atom. The minimum absolute atomic E-state index is 0.143. The third-order valence-electron chi connectivity index (χ3n) is 6.57. The van der Waals surface area contributed by atoms with Gasteiger partial charge in [0.15, 0.2) is 0 Å². The molecule has 0 radical (unpaired) electrons. The minimum Gasteiger partial charge on any atom is -0.460 e. The summed E-state index contributed by atoms with van der Waals surface area (Å²) in [5.41, 5.74) is 2.80. The maximum absolute atomic E-state index is 13.7. The lowest BCUT2D eigenvalue weighted by Crippen LogP contribution is -2.56. The number of carbonyl (C=O) groups is 1. The molecule has 2 heterocycles. The van der Waals surface area contributed by atoms with Crippen LogP contribution in [0.5, 0.6) is 0 Å². The minimum atomic E-state index is -0.932. The first-order chi connectivity index (χ1) is 16.9. The summed E-state index contributed by atoms with van der Waals surface area (Å²) in [5.74, 6) is 0.315. The molecule has 5 rings (SSSR count). The van der Waals surface area contributed by atoms with Gasteiger partial charge in [0.2, 0.25) is 5.91 Å². The standard InChI is InChI=1S/C29H28FN3O2/c1-19(20-11-13-23(30)14-12-20)33-28(34)29(2,16-22-17-31-26-9-5-4-8-25(22)26)32-18-24-15-21-7-3-6-10-27(21)35-24/h3-15,17,19,31-32H,16,18H2,1-2H3,(H,33,34). The van der Waals surface area contributed by atoms with Gasteiger partial charge in [0.1, 0.15) is 17.2 Å². The fourth-order valence-corrected chi connectivity index (χ4v) is 4.48. The van der Waals surface area contributed by atoms with Gasteiger partial charge in [0.05, 0.1) is 18.1 Å². The average Bonchev–Trinajstić information content (AvgIpc) is 3.47. The van der Waals surface area contributed by atoms with Gasteiger partial charge in [-0.25, -0.2) is 4.39 Å². The van der Waals surface area contributed by atoms with Crippen LogP contribution < -0.4 is 10.6 Å². The first kappa shape index (κ1) is 22.9. The van der Waals surface area contributed by atoms with Crippen LogP contribution in [0.15, 0.2) is 89.5 Å². The van der Waals surface area contributed by atoms with Gasteiger partial charge < -0.3 is 14.7 Å². The van der Waals surface area contributed by atoms with Crippen molar-refractivity contribution in [1.29, 1.82) is 0 Å². The van der Waals surface area contributed by atoms with E-state index in [4.69, 9.17) is 4.42 Å². The lowest BCUT2D eigenvalue weighted by molar-refractivity contribution is -0.127. The van der Waals surface area contributed by atoms with Gasteiger partial charge in [-0.05, 0) is 55.3 Å². The highest BCUT2D eigenvalue weighted by Crippen LogP contribution is 2.25. The summed E-state index contributed by atoms with van der Waals surface area (Å²) in [6.45, 7) is 4.20. The van der Waals surface area contributed by atoms with Crippen molar-refractivity contribution in [2.45, 2.75) is 38.4 Å². The zero-order valence-electron chi connectivity index (χ0n) is 19.8. The molecule has 0 bridgehead atoms. The lowest BCUT2D eigenvalue weighted by Gasteiger charge is -2.31. The largest absolute Gasteiger partial charge is 0.460 e. The molecule has 35 heavy (non-hydrogen) atoms. The van der Waals surface area contributed by atoms with Crippen LogP contribution in [-0.2, 0) is 17.8 Å². The molecule has 3 N–H and O–H groups in total. The highest BCUT2D eigenvalue weighted by atomic mass is 19.1. The Morgan fingerprint density at radius 1 is 1.06 bits per heavy atom. The number of H-pyrrole nitrogens is 1. The van der Waals surface area contributed by atoms with Crippen molar-refractivity contribution in [3.8, 4) is 0 Å². The number of aromatic amines is 1. The van der Waals surface area contributed by atoms with E-state index in [0.717, 1.165) is 38.8 Å². The van der Waals surface area contributed by atoms with Crippen molar-refractivity contribution in [1.82, 2.24) is 15.6 Å². The van der Waals surface area contributed by atoms with Gasteiger partial charge in [0, 0.05) is 28.9 Å². The number of aromatic nitrogens is 1. The van der Waals surface area contributed by atoms with E-state index in [9.17, 15) is 9.18 Å². The van der Waals surface area contributed by atoms with Crippen LogP contribution in [0.1, 0.15) is 36.8 Å². The maximum Gasteiger partial charge on any atom is 0.240 e. The van der Waals surface area contributed by atoms with Crippen molar-refractivity contribution in [3.63, 3.8) is 0 Å². The van der Waals surface area contributed by atoms with Crippen LogP contribution in [0.3, 0.4) is 0 Å². The van der Waals surface area contributed by atoms with Crippen LogP contribution in [0.25, 0.3) is 21.9 Å². The molecule has 0 saturated heterocycles. The smallest absolute Gasteiger partial charge is 0.240 e. The fraction of sp³-hybridized carbons (Fsp3) is 0.207. The Balaban J connectivity index is 1.41. The highest BCUT2D eigenvalue weighted by molar-refractivity contribution is 5.89. The number of rotatable bonds is 8. The SMILES string of the molecule is CC(NC(=O)C(C)(Cc1c[nH]c2ccccc12)NCc1cc2ccccc2o1)c1ccc(F)cc1. The molecule has 2 unspecified atom stereocenters. The number of furan rings is 1. The molecule has 0 aliphatic heterocycles. The number of hydrogen-bond donors (Lipinski definition) is 3. The molecule has 178 valence electrons. The zero-order chi connectivity index (χ0) is 24.4. The number of benzene rings is 3. The first-order valence-electron chi connectivity index (χ1n) is 11.8. The summed E-state index contributed by atoms with van der Waals surface area (Å²) in [4.78, 5) is 17.0. The van der Waals surface area contributed by atoms with Crippen LogP contribution in [0, 0.1) is 5.82 Å². The molecule has 0 aliphatic carbocycles. The van der Waals surface area contributed by atoms with Gasteiger partial charge in [0.25, 0.3) is 0 Å². The maximum atomic E-state index is 13.7. The number of nitrogens with one attached hydrogen (secondary N) is 3. The highest BCUT2D eigenvalue weighted by Gasteiger charge is 2.35. The summed E-state index contributed by atoms with van der Waals surface area (Å²) < 4.78 is 19.3. The zero-order valence-corrected chi connectivity index (χ0v) is 19.8. The summed E-state index contributed by atoms with van der Waals surface area (Å²) in [7, 11) is 0. The van der Waals surface area contributed by atoms with Crippen LogP contribution >= 0.6 is 0 Å². The van der Waals surface area contributed by atoms with Gasteiger partial charge >= 0.3 is 0 Å². The van der Waals surface area contributed by atoms with Crippen LogP contribution in [-0.4, -0.2) is 16.4 Å². The number of carbonyl (C=O) groups excluding carboxylic acids is 1. The fourth-order valence-electron chi connectivity index (χ4n) is 4.48. The predicted molar refractivity (Wildman–Crippen MR) is 136 cm³/mol. The molecule has 2 aromatic heterocycles. The second-order valence-electron chi connectivity index (χ2n) is 9.22. The lowest BCUT2D eigenvalue weighted by atomic mass is 9.90. The second kappa shape index (κ2) is 9.39. The van der Waals surface area contributed by atoms with Crippen molar-refractivity contribution < 1.29 is 13.6 Å². The molecule has 1 amide bonds. The third kappa shape index (κ3) is 4.84. The molecule has 0 spiro atoms. The monoisotopic (exact) mass is 469 g/mol. The van der Waals surface area contributed by atoms with E-state index in [0.29, 0.717) is 13.0 Å². The molecule has 2 atom stereocenters. The van der Waals surface area contributed by atoms with Crippen molar-refractivity contribution in [2.75, 3.05) is 0 Å². The number of para-hydroxylation sites is 2. The summed E-state index contributed by atoms with van der Waals surface area (Å²) in [5, 5.41) is 8.69. The number of hydrogen-bond acceptors (Lipinski definition) is 3. The van der Waals surface area contributed by atoms with Crippen molar-refractivity contribution in [3.05, 3.63) is 108 Å². The Labute approximate surface area is 203 Å². The molecular weight excluding hydrogens is 441 g/mol.